The fourth-order valence-electron chi connectivity index (χ4n) is 2.17. The van der Waals surface area contributed by atoms with Gasteiger partial charge in [-0.1, -0.05) is 12.1 Å². The van der Waals surface area contributed by atoms with Gasteiger partial charge in [-0.25, -0.2) is 4.39 Å². The van der Waals surface area contributed by atoms with Crippen molar-refractivity contribution in [3.05, 3.63) is 74.2 Å². The lowest BCUT2D eigenvalue weighted by molar-refractivity contribution is 0.411. The summed E-state index contributed by atoms with van der Waals surface area (Å²) in [5.41, 5.74) is 0.865. The number of allylic oxidation sites excluding steroid dienone is 2. The van der Waals surface area contributed by atoms with Crippen molar-refractivity contribution in [2.75, 3.05) is 0 Å². The highest BCUT2D eigenvalue weighted by Gasteiger charge is 2.12. The first-order chi connectivity index (χ1) is 11.0. The van der Waals surface area contributed by atoms with E-state index in [1.54, 1.807) is 30.5 Å². The molecule has 0 aliphatic carbocycles. The topological polar surface area (TPSA) is 70.4 Å². The maximum atomic E-state index is 13.0. The van der Waals surface area contributed by atoms with E-state index in [1.165, 1.54) is 22.8 Å². The number of nitrogens with one attached hydrogen (secondary N) is 1. The number of hydrogen-bond donors (Lipinski definition) is 2. The van der Waals surface area contributed by atoms with Gasteiger partial charge in [0.05, 0.1) is 12.2 Å². The summed E-state index contributed by atoms with van der Waals surface area (Å²) in [6.07, 6.45) is 6.51. The van der Waals surface area contributed by atoms with Gasteiger partial charge in [0.15, 0.2) is 4.77 Å². The Morgan fingerprint density at radius 1 is 1.35 bits per heavy atom. The minimum Gasteiger partial charge on any atom is -0.494 e. The third-order valence-corrected chi connectivity index (χ3v) is 3.65. The highest BCUT2D eigenvalue weighted by molar-refractivity contribution is 7.71. The number of rotatable bonds is 3. The van der Waals surface area contributed by atoms with Gasteiger partial charge in [0.1, 0.15) is 11.4 Å². The van der Waals surface area contributed by atoms with Crippen LogP contribution in [0.25, 0.3) is 6.08 Å². The molecule has 116 valence electrons. The number of halogens is 1. The van der Waals surface area contributed by atoms with E-state index in [4.69, 9.17) is 12.2 Å². The van der Waals surface area contributed by atoms with Gasteiger partial charge in [-0.15, -0.1) is 0 Å². The van der Waals surface area contributed by atoms with E-state index in [-0.39, 0.29) is 28.6 Å². The Morgan fingerprint density at radius 2 is 2.09 bits per heavy atom. The third kappa shape index (κ3) is 3.19. The molecule has 2 heterocycles. The summed E-state index contributed by atoms with van der Waals surface area (Å²) < 4.78 is 14.4. The van der Waals surface area contributed by atoms with Crippen molar-refractivity contribution < 1.29 is 9.50 Å². The second-order valence-corrected chi connectivity index (χ2v) is 5.30. The van der Waals surface area contributed by atoms with Gasteiger partial charge in [0.2, 0.25) is 5.88 Å². The normalized spacial score (nSPS) is 14.7. The highest BCUT2D eigenvalue weighted by atomic mass is 32.1. The summed E-state index contributed by atoms with van der Waals surface area (Å²) in [5, 5.41) is 10.4. The highest BCUT2D eigenvalue weighted by Crippen LogP contribution is 2.19. The SMILES string of the molecule is O=c1[nH]c(=S)n(Cc2ccc(F)cc2)c(O)c1C=C1C=CC=N1. The number of aromatic amines is 1. The van der Waals surface area contributed by atoms with Gasteiger partial charge in [-0.2, -0.15) is 0 Å². The molecule has 3 rings (SSSR count). The molecule has 0 radical (unpaired) electrons. The van der Waals surface area contributed by atoms with Crippen molar-refractivity contribution in [1.29, 1.82) is 0 Å². The lowest BCUT2D eigenvalue weighted by atomic mass is 10.2. The van der Waals surface area contributed by atoms with Crippen LogP contribution in [0.15, 0.2) is 51.9 Å². The number of benzene rings is 1. The van der Waals surface area contributed by atoms with Crippen LogP contribution in [0.3, 0.4) is 0 Å². The van der Waals surface area contributed by atoms with E-state index in [9.17, 15) is 14.3 Å². The first kappa shape index (κ1) is 15.1. The molecule has 2 aromatic rings. The molecule has 0 atom stereocenters. The van der Waals surface area contributed by atoms with Gasteiger partial charge in [0, 0.05) is 6.21 Å². The zero-order valence-corrected chi connectivity index (χ0v) is 12.7. The third-order valence-electron chi connectivity index (χ3n) is 3.33. The van der Waals surface area contributed by atoms with E-state index in [2.05, 4.69) is 9.98 Å². The molecule has 0 fully saturated rings. The lowest BCUT2D eigenvalue weighted by Gasteiger charge is -2.11. The van der Waals surface area contributed by atoms with Crippen LogP contribution in [0.4, 0.5) is 4.39 Å². The molecule has 0 amide bonds. The Hall–Kier alpha value is -2.80. The predicted molar refractivity (Wildman–Crippen MR) is 88.7 cm³/mol. The zero-order valence-electron chi connectivity index (χ0n) is 11.9. The van der Waals surface area contributed by atoms with E-state index in [0.29, 0.717) is 5.70 Å². The van der Waals surface area contributed by atoms with Crippen molar-refractivity contribution in [2.45, 2.75) is 6.54 Å². The number of aromatic nitrogens is 2. The quantitative estimate of drug-likeness (QED) is 0.851. The molecule has 5 nitrogen and oxygen atoms in total. The number of hydrogen-bond acceptors (Lipinski definition) is 4. The summed E-state index contributed by atoms with van der Waals surface area (Å²) in [5.74, 6) is -0.606. The minimum atomic E-state index is -0.495. The number of aromatic hydroxyl groups is 1. The standard InChI is InChI=1S/C16H12FN3O2S/c17-11-5-3-10(4-6-11)9-20-15(22)13(14(21)19-16(20)23)8-12-2-1-7-18-12/h1-8,22H,9H2,(H,19,21,23). The second-order valence-electron chi connectivity index (χ2n) is 4.92. The van der Waals surface area contributed by atoms with Crippen LogP contribution >= 0.6 is 12.2 Å². The fourth-order valence-corrected chi connectivity index (χ4v) is 2.41. The van der Waals surface area contributed by atoms with E-state index >= 15 is 0 Å². The summed E-state index contributed by atoms with van der Waals surface area (Å²) in [7, 11) is 0. The summed E-state index contributed by atoms with van der Waals surface area (Å²) >= 11 is 5.10. The van der Waals surface area contributed by atoms with Gasteiger partial charge < -0.3 is 5.11 Å². The average Bonchev–Trinajstić information content (AvgIpc) is 3.03. The number of aliphatic imine (C=N–C) groups is 1. The monoisotopic (exact) mass is 329 g/mol. The van der Waals surface area contributed by atoms with Crippen LogP contribution in [-0.2, 0) is 6.54 Å². The van der Waals surface area contributed by atoms with Gasteiger partial charge in [-0.3, -0.25) is 19.3 Å². The zero-order chi connectivity index (χ0) is 16.4. The average molecular weight is 329 g/mol. The van der Waals surface area contributed by atoms with Crippen molar-refractivity contribution in [1.82, 2.24) is 9.55 Å². The summed E-state index contributed by atoms with van der Waals surface area (Å²) in [6, 6.07) is 5.82. The molecule has 0 saturated carbocycles. The molecule has 0 bridgehead atoms. The smallest absolute Gasteiger partial charge is 0.262 e. The van der Waals surface area contributed by atoms with E-state index < -0.39 is 5.56 Å². The maximum Gasteiger partial charge on any atom is 0.262 e. The van der Waals surface area contributed by atoms with Crippen LogP contribution in [0.5, 0.6) is 5.88 Å². The Bertz CT molecular complexity index is 939. The Labute approximate surface area is 135 Å². The van der Waals surface area contributed by atoms with E-state index in [1.807, 2.05) is 0 Å². The van der Waals surface area contributed by atoms with Gasteiger partial charge in [-0.05, 0) is 48.1 Å². The first-order valence-corrected chi connectivity index (χ1v) is 7.18. The molecule has 1 aliphatic rings. The molecule has 0 saturated heterocycles. The van der Waals surface area contributed by atoms with Crippen molar-refractivity contribution in [3.8, 4) is 5.88 Å². The molecular weight excluding hydrogens is 317 g/mol. The Kier molecular flexibility index (Phi) is 4.03. The Morgan fingerprint density at radius 3 is 2.74 bits per heavy atom. The molecule has 23 heavy (non-hydrogen) atoms. The largest absolute Gasteiger partial charge is 0.494 e. The molecule has 7 heteroatoms. The number of H-pyrrole nitrogens is 1. The summed E-state index contributed by atoms with van der Waals surface area (Å²) in [4.78, 5) is 18.6. The van der Waals surface area contributed by atoms with Crippen LogP contribution < -0.4 is 5.56 Å². The molecular formula is C16H12FN3O2S. The Balaban J connectivity index is 2.07. The molecule has 0 unspecified atom stereocenters. The molecule has 0 spiro atoms. The predicted octanol–water partition coefficient (Wildman–Crippen LogP) is 2.78. The summed E-state index contributed by atoms with van der Waals surface area (Å²) in [6.45, 7) is 0.205. The molecule has 1 aromatic heterocycles. The minimum absolute atomic E-state index is 0.0689. The molecule has 2 N–H and O–H groups in total. The van der Waals surface area contributed by atoms with Crippen molar-refractivity contribution >= 4 is 24.5 Å². The van der Waals surface area contributed by atoms with Gasteiger partial charge >= 0.3 is 0 Å². The van der Waals surface area contributed by atoms with Crippen molar-refractivity contribution in [3.63, 3.8) is 0 Å². The first-order valence-electron chi connectivity index (χ1n) is 6.77. The van der Waals surface area contributed by atoms with Crippen LogP contribution in [0.2, 0.25) is 0 Å². The fraction of sp³-hybridized carbons (Fsp3) is 0.0625. The molecule has 1 aliphatic heterocycles. The van der Waals surface area contributed by atoms with Crippen molar-refractivity contribution in [2.24, 2.45) is 4.99 Å². The lowest BCUT2D eigenvalue weighted by Crippen LogP contribution is -2.17. The van der Waals surface area contributed by atoms with Crippen LogP contribution in [0, 0.1) is 10.6 Å². The second kappa shape index (κ2) is 6.13. The number of nitrogens with zero attached hydrogens (tertiary/aromatic N) is 2. The van der Waals surface area contributed by atoms with Crippen LogP contribution in [-0.4, -0.2) is 20.9 Å². The molecule has 1 aromatic carbocycles. The van der Waals surface area contributed by atoms with Crippen LogP contribution in [0.1, 0.15) is 11.1 Å². The van der Waals surface area contributed by atoms with Gasteiger partial charge in [0.25, 0.3) is 5.56 Å². The maximum absolute atomic E-state index is 13.0. The van der Waals surface area contributed by atoms with E-state index in [0.717, 1.165) is 5.56 Å².